The molecule has 0 radical (unpaired) electrons. The molecule has 0 atom stereocenters. The van der Waals surface area contributed by atoms with Gasteiger partial charge in [-0.2, -0.15) is 0 Å². The van der Waals surface area contributed by atoms with Gasteiger partial charge in [-0.25, -0.2) is 4.98 Å². The second-order valence-corrected chi connectivity index (χ2v) is 13.9. The zero-order chi connectivity index (χ0) is 32.9. The Morgan fingerprint density at radius 3 is 2.24 bits per heavy atom. The highest BCUT2D eigenvalue weighted by Crippen LogP contribution is 2.39. The van der Waals surface area contributed by atoms with Gasteiger partial charge in [0.2, 0.25) is 0 Å². The number of nitrogens with one attached hydrogen (secondary N) is 2. The van der Waals surface area contributed by atoms with Crippen molar-refractivity contribution in [2.24, 2.45) is 0 Å². The van der Waals surface area contributed by atoms with Gasteiger partial charge in [0.1, 0.15) is 5.75 Å². The first-order chi connectivity index (χ1) is 23.5. The molecule has 10 heteroatoms. The normalized spacial score (nSPS) is 13.4. The summed E-state index contributed by atoms with van der Waals surface area (Å²) >= 11 is 12.4. The zero-order valence-corrected chi connectivity index (χ0v) is 31.3. The molecule has 0 bridgehead atoms. The number of amides is 1. The van der Waals surface area contributed by atoms with Gasteiger partial charge in [-0.15, -0.1) is 24.8 Å². The fourth-order valence-corrected chi connectivity index (χ4v) is 7.45. The molecule has 2 aliphatic rings. The number of ether oxygens (including phenoxy) is 1. The Balaban J connectivity index is 0.00000243. The van der Waals surface area contributed by atoms with E-state index in [1.807, 2.05) is 54.6 Å². The number of carbonyl (C=O) groups excluding carboxylic acids is 1. The van der Waals surface area contributed by atoms with Crippen LogP contribution in [0.4, 0.5) is 5.69 Å². The Kier molecular flexibility index (Phi) is 13.5. The molecule has 3 heterocycles. The van der Waals surface area contributed by atoms with Gasteiger partial charge in [-0.05, 0) is 105 Å². The Labute approximate surface area is 316 Å². The number of benzene rings is 3. The van der Waals surface area contributed by atoms with Crippen molar-refractivity contribution in [3.8, 4) is 17.0 Å². The highest BCUT2D eigenvalue weighted by molar-refractivity contribution is 6.31. The quantitative estimate of drug-likeness (QED) is 0.124. The fourth-order valence-electron chi connectivity index (χ4n) is 7.16. The average Bonchev–Trinajstić information content (AvgIpc) is 3.11. The van der Waals surface area contributed by atoms with Gasteiger partial charge in [0.25, 0.3) is 5.91 Å². The Morgan fingerprint density at radius 1 is 0.700 bits per heavy atom. The van der Waals surface area contributed by atoms with Gasteiger partial charge in [0.15, 0.2) is 0 Å². The predicted molar refractivity (Wildman–Crippen MR) is 212 cm³/mol. The second kappa shape index (κ2) is 17.8. The third-order valence-corrected chi connectivity index (χ3v) is 10.1. The molecule has 1 aliphatic heterocycles. The summed E-state index contributed by atoms with van der Waals surface area (Å²) < 4.78 is 6.17. The van der Waals surface area contributed by atoms with Crippen molar-refractivity contribution >= 4 is 81.4 Å². The molecule has 6 nitrogen and oxygen atoms in total. The molecule has 1 amide bonds. The van der Waals surface area contributed by atoms with Gasteiger partial charge < -0.3 is 15.4 Å². The number of pyridine rings is 2. The lowest BCUT2D eigenvalue weighted by molar-refractivity contribution is 0.0953. The number of hydrogen-bond donors (Lipinski definition) is 2. The molecule has 1 aliphatic carbocycles. The highest BCUT2D eigenvalue weighted by Gasteiger charge is 2.22. The smallest absolute Gasteiger partial charge is 0.251 e. The van der Waals surface area contributed by atoms with E-state index in [0.717, 1.165) is 95.5 Å². The zero-order valence-electron chi connectivity index (χ0n) is 28.2. The molecule has 3 aromatic carbocycles. The molecule has 0 spiro atoms. The van der Waals surface area contributed by atoms with Crippen LogP contribution >= 0.6 is 48.0 Å². The second-order valence-electron chi connectivity index (χ2n) is 13.0. The lowest BCUT2D eigenvalue weighted by Crippen LogP contribution is -2.24. The van der Waals surface area contributed by atoms with Crippen LogP contribution in [0.2, 0.25) is 10.0 Å². The molecule has 0 fully saturated rings. The van der Waals surface area contributed by atoms with Crippen LogP contribution in [-0.4, -0.2) is 35.6 Å². The monoisotopic (exact) mass is 752 g/mol. The summed E-state index contributed by atoms with van der Waals surface area (Å²) in [5, 5.41) is 10.4. The van der Waals surface area contributed by atoms with Crippen molar-refractivity contribution in [1.82, 2.24) is 15.3 Å². The van der Waals surface area contributed by atoms with Crippen LogP contribution in [0.25, 0.3) is 33.1 Å². The number of aromatic nitrogens is 2. The molecule has 264 valence electrons. The Hall–Kier alpha value is -3.29. The predicted octanol–water partition coefficient (Wildman–Crippen LogP) is 11.0. The minimum atomic E-state index is -0.0533. The van der Waals surface area contributed by atoms with E-state index in [-0.39, 0.29) is 30.7 Å². The number of nitrogens with zero attached hydrogens (tertiary/aromatic N) is 2. The summed E-state index contributed by atoms with van der Waals surface area (Å²) in [6.07, 6.45) is 13.2. The van der Waals surface area contributed by atoms with Crippen molar-refractivity contribution in [1.29, 1.82) is 0 Å². The maximum absolute atomic E-state index is 13.1. The third kappa shape index (κ3) is 8.59. The number of fused-ring (bicyclic) bond motifs is 5. The molecular formula is C40H44Cl4N4O2. The van der Waals surface area contributed by atoms with Gasteiger partial charge >= 0.3 is 0 Å². The van der Waals surface area contributed by atoms with Crippen LogP contribution in [0, 0.1) is 0 Å². The van der Waals surface area contributed by atoms with E-state index in [1.165, 1.54) is 54.4 Å². The third-order valence-electron chi connectivity index (χ3n) is 9.65. The molecule has 5 aromatic rings. The number of unbranched alkanes of at least 4 members (excludes halogenated alkanes) is 5. The Morgan fingerprint density at radius 2 is 1.42 bits per heavy atom. The van der Waals surface area contributed by atoms with E-state index >= 15 is 0 Å². The van der Waals surface area contributed by atoms with E-state index in [0.29, 0.717) is 23.7 Å². The summed E-state index contributed by atoms with van der Waals surface area (Å²) in [6, 6.07) is 19.6. The summed E-state index contributed by atoms with van der Waals surface area (Å²) in [5.41, 5.74) is 9.39. The van der Waals surface area contributed by atoms with Crippen molar-refractivity contribution in [2.45, 2.75) is 77.0 Å². The van der Waals surface area contributed by atoms with Crippen molar-refractivity contribution < 1.29 is 9.53 Å². The number of halogens is 4. The van der Waals surface area contributed by atoms with Crippen molar-refractivity contribution in [3.05, 3.63) is 93.1 Å². The standard InChI is InChI=1S/C40H42Cl2N4O2.2ClH/c41-28-16-13-26(14-17-28)37-32-11-9-23-48-39(32)33-24-27(15-20-35(33)46-37)40(47)44-22-8-4-2-1-3-7-21-43-38-30-10-5-6-12-34(30)45-36-25-29(42)18-19-31(36)38;;/h13-20,24-25H,1-12,21-23H2,(H,43,45)(H,44,47);2*1H. The van der Waals surface area contributed by atoms with E-state index in [1.54, 1.807) is 0 Å². The molecular weight excluding hydrogens is 710 g/mol. The fraction of sp³-hybridized carbons (Fsp3) is 0.375. The lowest BCUT2D eigenvalue weighted by atomic mass is 9.92. The van der Waals surface area contributed by atoms with Gasteiger partial charge in [0, 0.05) is 62.0 Å². The molecule has 7 rings (SSSR count). The van der Waals surface area contributed by atoms with Crippen LogP contribution in [0.5, 0.6) is 5.75 Å². The van der Waals surface area contributed by atoms with Gasteiger partial charge in [-0.1, -0.05) is 61.0 Å². The van der Waals surface area contributed by atoms with Gasteiger partial charge in [-0.3, -0.25) is 9.78 Å². The van der Waals surface area contributed by atoms with Crippen LogP contribution < -0.4 is 15.4 Å². The number of rotatable bonds is 12. The van der Waals surface area contributed by atoms with Crippen molar-refractivity contribution in [2.75, 3.05) is 25.0 Å². The van der Waals surface area contributed by atoms with E-state index in [9.17, 15) is 4.79 Å². The van der Waals surface area contributed by atoms with Crippen molar-refractivity contribution in [3.63, 3.8) is 0 Å². The SMILES string of the molecule is Cl.Cl.O=C(NCCCCCCCCNc1c2c(nc3cc(Cl)ccc13)CCCC2)c1ccc2nc(-c3ccc(Cl)cc3)c3c(c2c1)OCCC3. The number of anilines is 1. The number of hydrogen-bond acceptors (Lipinski definition) is 5. The minimum absolute atomic E-state index is 0. The van der Waals surface area contributed by atoms with Crippen LogP contribution in [0.15, 0.2) is 60.7 Å². The van der Waals surface area contributed by atoms with E-state index < -0.39 is 0 Å². The van der Waals surface area contributed by atoms with Crippen LogP contribution in [0.3, 0.4) is 0 Å². The summed E-state index contributed by atoms with van der Waals surface area (Å²) in [5.74, 6) is 0.793. The Bertz CT molecular complexity index is 1950. The maximum atomic E-state index is 13.1. The first-order valence-electron chi connectivity index (χ1n) is 17.5. The first kappa shape index (κ1) is 38.0. The van der Waals surface area contributed by atoms with Crippen LogP contribution in [-0.2, 0) is 19.3 Å². The average molecular weight is 755 g/mol. The van der Waals surface area contributed by atoms with E-state index in [2.05, 4.69) is 16.7 Å². The lowest BCUT2D eigenvalue weighted by Gasteiger charge is -2.22. The van der Waals surface area contributed by atoms with Crippen LogP contribution in [0.1, 0.15) is 85.0 Å². The molecule has 0 unspecified atom stereocenters. The molecule has 0 saturated heterocycles. The topological polar surface area (TPSA) is 76.1 Å². The first-order valence-corrected chi connectivity index (χ1v) is 18.3. The number of carbonyl (C=O) groups is 1. The molecule has 2 N–H and O–H groups in total. The number of aryl methyl sites for hydroxylation is 1. The van der Waals surface area contributed by atoms with Gasteiger partial charge in [0.05, 0.1) is 23.3 Å². The molecule has 2 aromatic heterocycles. The minimum Gasteiger partial charge on any atom is -0.493 e. The highest BCUT2D eigenvalue weighted by atomic mass is 35.5. The molecule has 0 saturated carbocycles. The summed E-state index contributed by atoms with van der Waals surface area (Å²) in [7, 11) is 0. The van der Waals surface area contributed by atoms with E-state index in [4.69, 9.17) is 37.9 Å². The summed E-state index contributed by atoms with van der Waals surface area (Å²) in [4.78, 5) is 23.0. The maximum Gasteiger partial charge on any atom is 0.251 e. The largest absolute Gasteiger partial charge is 0.493 e. The summed E-state index contributed by atoms with van der Waals surface area (Å²) in [6.45, 7) is 2.30. The molecule has 50 heavy (non-hydrogen) atoms.